The summed E-state index contributed by atoms with van der Waals surface area (Å²) >= 11 is 0. The minimum absolute atomic E-state index is 0.978. The molecule has 0 saturated heterocycles. The van der Waals surface area contributed by atoms with Gasteiger partial charge in [-0.15, -0.1) is 0 Å². The van der Waals surface area contributed by atoms with Crippen LogP contribution < -0.4 is 4.90 Å². The van der Waals surface area contributed by atoms with Crippen LogP contribution in [0.1, 0.15) is 71.1 Å². The summed E-state index contributed by atoms with van der Waals surface area (Å²) in [6, 6.07) is 15.3. The van der Waals surface area contributed by atoms with E-state index in [4.69, 9.17) is 0 Å². The number of nitrogens with zero attached hydrogens (tertiary/aromatic N) is 2. The van der Waals surface area contributed by atoms with E-state index in [1.54, 1.807) is 0 Å². The van der Waals surface area contributed by atoms with Crippen LogP contribution in [-0.2, 0) is 0 Å². The molecule has 2 heteroatoms. The van der Waals surface area contributed by atoms with E-state index in [9.17, 15) is 0 Å². The number of unbranched alkanes of at least 4 members (excludes halogenated alkanes) is 9. The first kappa shape index (κ1) is 19.8. The minimum atomic E-state index is 0.978. The lowest BCUT2D eigenvalue weighted by Gasteiger charge is -2.22. The van der Waals surface area contributed by atoms with Gasteiger partial charge in [-0.1, -0.05) is 101 Å². The number of rotatable bonds is 12. The summed E-state index contributed by atoms with van der Waals surface area (Å²) < 4.78 is 0. The standard InChI is InChI=1S/C25H36N2/c1-2-3-4-5-6-7-8-9-10-13-19-26-20-21-27(22-26)25-18-14-16-23-15-11-12-17-24(23)25/h11-12,14-18,20-21H,2-10,13,19,22H2,1H3. The van der Waals surface area contributed by atoms with Crippen molar-refractivity contribution in [2.75, 3.05) is 18.1 Å². The van der Waals surface area contributed by atoms with E-state index in [0.29, 0.717) is 0 Å². The highest BCUT2D eigenvalue weighted by Gasteiger charge is 2.15. The number of hydrogen-bond acceptors (Lipinski definition) is 2. The minimum Gasteiger partial charge on any atom is -0.358 e. The summed E-state index contributed by atoms with van der Waals surface area (Å²) in [6.45, 7) is 4.44. The molecule has 0 radical (unpaired) electrons. The molecular weight excluding hydrogens is 328 g/mol. The molecule has 0 saturated carbocycles. The zero-order valence-corrected chi connectivity index (χ0v) is 17.1. The van der Waals surface area contributed by atoms with E-state index in [0.717, 1.165) is 6.67 Å². The van der Waals surface area contributed by atoms with E-state index < -0.39 is 0 Å². The Balaban J connectivity index is 1.32. The van der Waals surface area contributed by atoms with Gasteiger partial charge in [0.25, 0.3) is 0 Å². The molecule has 1 aliphatic rings. The molecule has 27 heavy (non-hydrogen) atoms. The van der Waals surface area contributed by atoms with Gasteiger partial charge in [0.1, 0.15) is 0 Å². The highest BCUT2D eigenvalue weighted by Crippen LogP contribution is 2.28. The van der Waals surface area contributed by atoms with Gasteiger partial charge in [-0.05, 0) is 17.9 Å². The summed E-state index contributed by atoms with van der Waals surface area (Å²) in [5.74, 6) is 0. The number of benzene rings is 2. The van der Waals surface area contributed by atoms with Crippen molar-refractivity contribution in [1.29, 1.82) is 0 Å². The highest BCUT2D eigenvalue weighted by atomic mass is 15.3. The predicted molar refractivity (Wildman–Crippen MR) is 119 cm³/mol. The second kappa shape index (κ2) is 11.0. The number of fused-ring (bicyclic) bond motifs is 1. The van der Waals surface area contributed by atoms with Crippen LogP contribution in [0.3, 0.4) is 0 Å². The summed E-state index contributed by atoms with van der Waals surface area (Å²) in [5, 5.41) is 2.65. The normalized spacial score (nSPS) is 13.8. The first-order valence-electron chi connectivity index (χ1n) is 11.1. The second-order valence-corrected chi connectivity index (χ2v) is 7.90. The lowest BCUT2D eigenvalue weighted by atomic mass is 10.1. The second-order valence-electron chi connectivity index (χ2n) is 7.90. The molecule has 0 bridgehead atoms. The topological polar surface area (TPSA) is 6.48 Å². The maximum atomic E-state index is 2.45. The van der Waals surface area contributed by atoms with Crippen molar-refractivity contribution in [3.8, 4) is 0 Å². The van der Waals surface area contributed by atoms with Crippen LogP contribution in [-0.4, -0.2) is 18.1 Å². The van der Waals surface area contributed by atoms with Gasteiger partial charge in [-0.2, -0.15) is 0 Å². The molecule has 2 nitrogen and oxygen atoms in total. The van der Waals surface area contributed by atoms with Gasteiger partial charge < -0.3 is 9.80 Å². The Morgan fingerprint density at radius 2 is 1.37 bits per heavy atom. The van der Waals surface area contributed by atoms with Crippen LogP contribution in [0.15, 0.2) is 54.9 Å². The first-order chi connectivity index (χ1) is 13.4. The molecule has 1 aliphatic heterocycles. The fraction of sp³-hybridized carbons (Fsp3) is 0.520. The molecule has 0 aromatic heterocycles. The molecular formula is C25H36N2. The van der Waals surface area contributed by atoms with E-state index in [1.165, 1.54) is 87.2 Å². The Kier molecular flexibility index (Phi) is 8.07. The van der Waals surface area contributed by atoms with Gasteiger partial charge in [0.05, 0.1) is 12.4 Å². The van der Waals surface area contributed by atoms with Gasteiger partial charge >= 0.3 is 0 Å². The third kappa shape index (κ3) is 6.02. The number of hydrogen-bond donors (Lipinski definition) is 0. The zero-order chi connectivity index (χ0) is 18.7. The molecule has 1 heterocycles. The van der Waals surface area contributed by atoms with Crippen LogP contribution in [0.25, 0.3) is 10.8 Å². The lowest BCUT2D eigenvalue weighted by molar-refractivity contribution is 0.388. The molecule has 0 amide bonds. The van der Waals surface area contributed by atoms with Crippen LogP contribution in [0, 0.1) is 0 Å². The summed E-state index contributed by atoms with van der Waals surface area (Å²) in [6.07, 6.45) is 18.5. The molecule has 0 atom stereocenters. The fourth-order valence-corrected chi connectivity index (χ4v) is 4.03. The van der Waals surface area contributed by atoms with Gasteiger partial charge in [0.2, 0.25) is 0 Å². The van der Waals surface area contributed by atoms with Crippen molar-refractivity contribution in [2.24, 2.45) is 0 Å². The van der Waals surface area contributed by atoms with Crippen LogP contribution in [0.4, 0.5) is 5.69 Å². The molecule has 0 spiro atoms. The van der Waals surface area contributed by atoms with Crippen molar-refractivity contribution in [3.05, 3.63) is 54.9 Å². The van der Waals surface area contributed by atoms with Crippen molar-refractivity contribution in [3.63, 3.8) is 0 Å². The molecule has 0 aliphatic carbocycles. The van der Waals surface area contributed by atoms with Gasteiger partial charge in [-0.25, -0.2) is 0 Å². The van der Waals surface area contributed by atoms with E-state index in [-0.39, 0.29) is 0 Å². The van der Waals surface area contributed by atoms with Gasteiger partial charge in [0, 0.05) is 24.3 Å². The Morgan fingerprint density at radius 3 is 2.15 bits per heavy atom. The van der Waals surface area contributed by atoms with Crippen molar-refractivity contribution in [1.82, 2.24) is 4.90 Å². The average Bonchev–Trinajstić information content (AvgIpc) is 3.17. The molecule has 0 fully saturated rings. The van der Waals surface area contributed by atoms with E-state index >= 15 is 0 Å². The SMILES string of the molecule is CCCCCCCCCCCCN1C=CN(c2cccc3ccccc23)C1. The Hall–Kier alpha value is -1.96. The van der Waals surface area contributed by atoms with Crippen LogP contribution >= 0.6 is 0 Å². The quantitative estimate of drug-likeness (QED) is 0.364. The molecule has 2 aromatic carbocycles. The maximum Gasteiger partial charge on any atom is 0.0942 e. The Bertz CT molecular complexity index is 701. The van der Waals surface area contributed by atoms with E-state index in [1.807, 2.05) is 0 Å². The molecule has 3 rings (SSSR count). The number of anilines is 1. The monoisotopic (exact) mass is 364 g/mol. The summed E-state index contributed by atoms with van der Waals surface area (Å²) in [5.41, 5.74) is 1.31. The molecule has 2 aromatic rings. The predicted octanol–water partition coefficient (Wildman–Crippen LogP) is 7.31. The third-order valence-electron chi connectivity index (χ3n) is 5.67. The Labute approximate surface area is 165 Å². The molecule has 146 valence electrons. The summed E-state index contributed by atoms with van der Waals surface area (Å²) in [4.78, 5) is 4.82. The van der Waals surface area contributed by atoms with Gasteiger partial charge in [0.15, 0.2) is 0 Å². The summed E-state index contributed by atoms with van der Waals surface area (Å²) in [7, 11) is 0. The largest absolute Gasteiger partial charge is 0.358 e. The van der Waals surface area contributed by atoms with Gasteiger partial charge in [-0.3, -0.25) is 0 Å². The fourth-order valence-electron chi connectivity index (χ4n) is 4.03. The zero-order valence-electron chi connectivity index (χ0n) is 17.1. The smallest absolute Gasteiger partial charge is 0.0942 e. The van der Waals surface area contributed by atoms with Crippen molar-refractivity contribution in [2.45, 2.75) is 71.1 Å². The average molecular weight is 365 g/mol. The van der Waals surface area contributed by atoms with Crippen LogP contribution in [0.2, 0.25) is 0 Å². The molecule has 0 N–H and O–H groups in total. The van der Waals surface area contributed by atoms with E-state index in [2.05, 4.69) is 71.6 Å². The third-order valence-corrected chi connectivity index (χ3v) is 5.67. The van der Waals surface area contributed by atoms with Crippen LogP contribution in [0.5, 0.6) is 0 Å². The molecule has 0 unspecified atom stereocenters. The lowest BCUT2D eigenvalue weighted by Crippen LogP contribution is -2.25. The Morgan fingerprint density at radius 1 is 0.704 bits per heavy atom. The van der Waals surface area contributed by atoms with Crippen molar-refractivity contribution < 1.29 is 0 Å². The first-order valence-corrected chi connectivity index (χ1v) is 11.1. The maximum absolute atomic E-state index is 2.45. The van der Waals surface area contributed by atoms with Crippen molar-refractivity contribution >= 4 is 16.5 Å². The highest BCUT2D eigenvalue weighted by molar-refractivity contribution is 5.94.